The minimum atomic E-state index is -3.74. The first-order chi connectivity index (χ1) is 24.7. The number of fused-ring (bicyclic) bond motifs is 1. The fourth-order valence-corrected chi connectivity index (χ4v) is 5.37. The highest BCUT2D eigenvalue weighted by molar-refractivity contribution is 6.01. The normalized spacial score (nSPS) is 15.1. The van der Waals surface area contributed by atoms with Gasteiger partial charge in [-0.3, -0.25) is 9.59 Å². The Hall–Kier alpha value is -4.86. The van der Waals surface area contributed by atoms with E-state index in [9.17, 15) is 23.2 Å². The molecule has 1 aliphatic carbocycles. The average Bonchev–Trinajstić information content (AvgIpc) is 3.83. The van der Waals surface area contributed by atoms with Crippen molar-refractivity contribution in [2.45, 2.75) is 57.8 Å². The standard InChI is InChI=1S/C37H44F2N4O9/c1-24-8-11-30(43-33(45)36(12-13-36)27-9-10-28-29(23-27)51-37(38,39)50-28)42-31(24)25-6-5-7-26(22-25)32(44)40-14-16-47-18-20-49-21-19-48-17-15-41-34(46)52-35(2,3)4/h5-11,22-23H,12-21H2,1-4H3,(H,40,44)(H,41,46)(H,42,43,45). The van der Waals surface area contributed by atoms with Gasteiger partial charge in [0.05, 0.1) is 50.8 Å². The molecule has 1 aliphatic heterocycles. The summed E-state index contributed by atoms with van der Waals surface area (Å²) in [6, 6.07) is 14.9. The third kappa shape index (κ3) is 10.6. The highest BCUT2D eigenvalue weighted by atomic mass is 19.3. The van der Waals surface area contributed by atoms with Crippen molar-refractivity contribution in [2.24, 2.45) is 0 Å². The summed E-state index contributed by atoms with van der Waals surface area (Å²) in [5, 5.41) is 8.34. The number of anilines is 1. The maximum Gasteiger partial charge on any atom is 0.586 e. The third-order valence-electron chi connectivity index (χ3n) is 8.07. The molecule has 280 valence electrons. The lowest BCUT2D eigenvalue weighted by atomic mass is 9.94. The van der Waals surface area contributed by atoms with E-state index >= 15 is 0 Å². The average molecular weight is 727 g/mol. The molecule has 2 aromatic carbocycles. The molecule has 0 spiro atoms. The van der Waals surface area contributed by atoms with E-state index in [4.69, 9.17) is 18.9 Å². The molecule has 0 radical (unpaired) electrons. The number of carbonyl (C=O) groups excluding carboxylic acids is 3. The molecule has 0 atom stereocenters. The van der Waals surface area contributed by atoms with Gasteiger partial charge in [0.25, 0.3) is 5.91 Å². The van der Waals surface area contributed by atoms with Gasteiger partial charge in [-0.1, -0.05) is 24.3 Å². The van der Waals surface area contributed by atoms with Gasteiger partial charge in [0.1, 0.15) is 11.4 Å². The quantitative estimate of drug-likeness (QED) is 0.155. The van der Waals surface area contributed by atoms with Crippen LogP contribution in [0.5, 0.6) is 11.5 Å². The zero-order chi connectivity index (χ0) is 37.4. The fourth-order valence-electron chi connectivity index (χ4n) is 5.37. The number of halogens is 2. The smallest absolute Gasteiger partial charge is 0.444 e. The summed E-state index contributed by atoms with van der Waals surface area (Å²) in [4.78, 5) is 42.6. The topological polar surface area (TPSA) is 156 Å². The Bertz CT molecular complexity index is 1740. The molecule has 0 saturated heterocycles. The van der Waals surface area contributed by atoms with Crippen molar-refractivity contribution in [3.05, 3.63) is 71.3 Å². The van der Waals surface area contributed by atoms with Gasteiger partial charge in [-0.15, -0.1) is 8.78 Å². The number of hydrogen-bond acceptors (Lipinski definition) is 10. The molecular formula is C37H44F2N4O9. The minimum absolute atomic E-state index is 0.0800. The van der Waals surface area contributed by atoms with Crippen LogP contribution in [0.1, 0.15) is 55.1 Å². The SMILES string of the molecule is Cc1ccc(NC(=O)C2(c3ccc4c(c3)OC(F)(F)O4)CC2)nc1-c1cccc(C(=O)NCCOCCOCCOCCNC(=O)OC(C)(C)C)c1. The summed E-state index contributed by atoms with van der Waals surface area (Å²) >= 11 is 0. The van der Waals surface area contributed by atoms with Gasteiger partial charge in [0.15, 0.2) is 11.5 Å². The molecule has 52 heavy (non-hydrogen) atoms. The van der Waals surface area contributed by atoms with E-state index in [-0.39, 0.29) is 23.3 Å². The van der Waals surface area contributed by atoms with Crippen molar-refractivity contribution in [3.8, 4) is 22.8 Å². The number of aryl methyl sites for hydroxylation is 1. The molecule has 3 amide bonds. The number of benzene rings is 2. The van der Waals surface area contributed by atoms with Crippen molar-refractivity contribution in [1.82, 2.24) is 15.6 Å². The van der Waals surface area contributed by atoms with Crippen LogP contribution in [-0.2, 0) is 29.2 Å². The zero-order valence-electron chi connectivity index (χ0n) is 29.6. The van der Waals surface area contributed by atoms with Crippen LogP contribution in [0.15, 0.2) is 54.6 Å². The van der Waals surface area contributed by atoms with Gasteiger partial charge >= 0.3 is 12.4 Å². The number of aromatic nitrogens is 1. The maximum absolute atomic E-state index is 13.5. The van der Waals surface area contributed by atoms with E-state index in [1.807, 2.05) is 19.1 Å². The van der Waals surface area contributed by atoms with Crippen LogP contribution in [0.4, 0.5) is 19.4 Å². The Balaban J connectivity index is 1.02. The van der Waals surface area contributed by atoms with Crippen LogP contribution >= 0.6 is 0 Å². The van der Waals surface area contributed by atoms with Gasteiger partial charge in [0, 0.05) is 24.2 Å². The molecule has 1 aromatic heterocycles. The van der Waals surface area contributed by atoms with E-state index in [2.05, 4.69) is 30.4 Å². The third-order valence-corrected chi connectivity index (χ3v) is 8.07. The van der Waals surface area contributed by atoms with Crippen molar-refractivity contribution in [1.29, 1.82) is 0 Å². The largest absolute Gasteiger partial charge is 0.586 e. The number of pyridine rings is 1. The molecular weight excluding hydrogens is 682 g/mol. The second-order valence-electron chi connectivity index (χ2n) is 13.3. The molecule has 2 aliphatic rings. The number of amides is 3. The molecule has 1 saturated carbocycles. The number of nitrogens with zero attached hydrogens (tertiary/aromatic N) is 1. The molecule has 3 aromatic rings. The molecule has 2 heterocycles. The van der Waals surface area contributed by atoms with Crippen molar-refractivity contribution in [3.63, 3.8) is 0 Å². The summed E-state index contributed by atoms with van der Waals surface area (Å²) < 4.78 is 57.7. The lowest BCUT2D eigenvalue weighted by Gasteiger charge is -2.19. The van der Waals surface area contributed by atoms with E-state index in [0.717, 1.165) is 5.56 Å². The molecule has 0 bridgehead atoms. The Morgan fingerprint density at radius 3 is 2.15 bits per heavy atom. The first kappa shape index (κ1) is 38.4. The number of rotatable bonds is 17. The van der Waals surface area contributed by atoms with Gasteiger partial charge in [0.2, 0.25) is 5.91 Å². The van der Waals surface area contributed by atoms with E-state index in [1.54, 1.807) is 51.1 Å². The second-order valence-corrected chi connectivity index (χ2v) is 13.3. The second kappa shape index (κ2) is 16.7. The van der Waals surface area contributed by atoms with Gasteiger partial charge in [-0.2, -0.15) is 0 Å². The summed E-state index contributed by atoms with van der Waals surface area (Å²) in [6.45, 7) is 9.98. The predicted molar refractivity (Wildman–Crippen MR) is 186 cm³/mol. The molecule has 1 fully saturated rings. The van der Waals surface area contributed by atoms with Gasteiger partial charge in [-0.05, 0) is 82.0 Å². The number of ether oxygens (including phenoxy) is 6. The number of carbonyl (C=O) groups is 3. The first-order valence-electron chi connectivity index (χ1n) is 17.0. The molecule has 0 unspecified atom stereocenters. The van der Waals surface area contributed by atoms with Crippen LogP contribution < -0.4 is 25.4 Å². The number of alkyl carbamates (subject to hydrolysis) is 1. The van der Waals surface area contributed by atoms with Gasteiger partial charge in [-0.25, -0.2) is 9.78 Å². The van der Waals surface area contributed by atoms with E-state index < -0.39 is 23.4 Å². The minimum Gasteiger partial charge on any atom is -0.444 e. The molecule has 3 N–H and O–H groups in total. The van der Waals surface area contributed by atoms with Crippen LogP contribution in [0.2, 0.25) is 0 Å². The van der Waals surface area contributed by atoms with Gasteiger partial charge < -0.3 is 44.4 Å². The number of nitrogens with one attached hydrogen (secondary N) is 3. The molecule has 15 heteroatoms. The number of alkyl halides is 2. The van der Waals surface area contributed by atoms with E-state index in [1.165, 1.54) is 12.1 Å². The summed E-state index contributed by atoms with van der Waals surface area (Å²) in [7, 11) is 0. The number of hydrogen-bond donors (Lipinski definition) is 3. The molecule has 5 rings (SSSR count). The zero-order valence-corrected chi connectivity index (χ0v) is 29.6. The van der Waals surface area contributed by atoms with Crippen LogP contribution in [0.3, 0.4) is 0 Å². The van der Waals surface area contributed by atoms with Crippen molar-refractivity contribution in [2.75, 3.05) is 58.0 Å². The Morgan fingerprint density at radius 2 is 1.48 bits per heavy atom. The maximum atomic E-state index is 13.5. The van der Waals surface area contributed by atoms with Crippen molar-refractivity contribution < 1.29 is 51.6 Å². The highest BCUT2D eigenvalue weighted by Crippen LogP contribution is 2.52. The van der Waals surface area contributed by atoms with Crippen LogP contribution in [0.25, 0.3) is 11.3 Å². The van der Waals surface area contributed by atoms with E-state index in [0.29, 0.717) is 93.8 Å². The molecule has 13 nitrogen and oxygen atoms in total. The predicted octanol–water partition coefficient (Wildman–Crippen LogP) is 5.35. The monoisotopic (exact) mass is 726 g/mol. The summed E-state index contributed by atoms with van der Waals surface area (Å²) in [5.74, 6) is -0.456. The Labute approximate surface area is 300 Å². The van der Waals surface area contributed by atoms with Crippen molar-refractivity contribution >= 4 is 23.7 Å². The Morgan fingerprint density at radius 1 is 0.827 bits per heavy atom. The fraction of sp³-hybridized carbons (Fsp3) is 0.459. The summed E-state index contributed by atoms with van der Waals surface area (Å²) in [5.41, 5.74) is 1.67. The first-order valence-corrected chi connectivity index (χ1v) is 17.0. The lowest BCUT2D eigenvalue weighted by Crippen LogP contribution is -2.34. The lowest BCUT2D eigenvalue weighted by molar-refractivity contribution is -0.286. The summed E-state index contributed by atoms with van der Waals surface area (Å²) in [6.07, 6.45) is -3.15. The Kier molecular flexibility index (Phi) is 12.3. The highest BCUT2D eigenvalue weighted by Gasteiger charge is 2.53. The van der Waals surface area contributed by atoms with Crippen LogP contribution in [0, 0.1) is 6.92 Å². The van der Waals surface area contributed by atoms with Crippen LogP contribution in [-0.4, -0.2) is 87.5 Å².